The van der Waals surface area contributed by atoms with Gasteiger partial charge in [-0.05, 0) is 50.6 Å². The van der Waals surface area contributed by atoms with Gasteiger partial charge >= 0.3 is 0 Å². The molecule has 0 radical (unpaired) electrons. The van der Waals surface area contributed by atoms with E-state index < -0.39 is 6.10 Å². The second-order valence-corrected chi connectivity index (χ2v) is 5.99. The molecule has 5 heteroatoms. The lowest BCUT2D eigenvalue weighted by Crippen LogP contribution is -2.45. The summed E-state index contributed by atoms with van der Waals surface area (Å²) in [6.45, 7) is 6.81. The molecule has 1 fully saturated rings. The fourth-order valence-corrected chi connectivity index (χ4v) is 3.09. The van der Waals surface area contributed by atoms with Gasteiger partial charge in [-0.3, -0.25) is 9.69 Å². The first-order chi connectivity index (χ1) is 10.5. The Bertz CT molecular complexity index is 487. The van der Waals surface area contributed by atoms with E-state index in [1.54, 1.807) is 17.0 Å². The molecule has 0 spiro atoms. The second-order valence-electron chi connectivity index (χ2n) is 5.99. The van der Waals surface area contributed by atoms with Crippen LogP contribution in [0.2, 0.25) is 0 Å². The zero-order valence-electron chi connectivity index (χ0n) is 13.4. The Hall–Kier alpha value is -1.59. The lowest BCUT2D eigenvalue weighted by atomic mass is 10.1. The number of benzene rings is 1. The number of likely N-dealkylation sites (tertiary alicyclic amines) is 1. The van der Waals surface area contributed by atoms with Crippen molar-refractivity contribution < 1.29 is 15.0 Å². The minimum atomic E-state index is -0.992. The summed E-state index contributed by atoms with van der Waals surface area (Å²) in [7, 11) is 0. The average molecular weight is 306 g/mol. The van der Waals surface area contributed by atoms with Crippen LogP contribution in [0.5, 0.6) is 5.75 Å². The quantitative estimate of drug-likeness (QED) is 0.838. The molecule has 22 heavy (non-hydrogen) atoms. The molecule has 2 atom stereocenters. The van der Waals surface area contributed by atoms with Crippen molar-refractivity contribution in [1.29, 1.82) is 0 Å². The number of nitrogens with zero attached hydrogens (tertiary/aromatic N) is 2. The third kappa shape index (κ3) is 4.21. The van der Waals surface area contributed by atoms with Crippen LogP contribution in [0.25, 0.3) is 0 Å². The third-order valence-electron chi connectivity index (χ3n) is 4.32. The molecule has 1 heterocycles. The predicted molar refractivity (Wildman–Crippen MR) is 85.5 cm³/mol. The maximum absolute atomic E-state index is 12.3. The van der Waals surface area contributed by atoms with Gasteiger partial charge in [-0.1, -0.05) is 19.1 Å². The summed E-state index contributed by atoms with van der Waals surface area (Å²) in [6, 6.07) is 7.22. The van der Waals surface area contributed by atoms with E-state index in [0.717, 1.165) is 31.5 Å². The molecule has 2 unspecified atom stereocenters. The van der Waals surface area contributed by atoms with Crippen LogP contribution >= 0.6 is 0 Å². The molecule has 0 saturated carbocycles. The van der Waals surface area contributed by atoms with Gasteiger partial charge in [0.25, 0.3) is 5.91 Å². The van der Waals surface area contributed by atoms with Crippen molar-refractivity contribution in [3.63, 3.8) is 0 Å². The summed E-state index contributed by atoms with van der Waals surface area (Å²) >= 11 is 0. The van der Waals surface area contributed by atoms with Crippen LogP contribution in [-0.2, 0) is 11.3 Å². The maximum atomic E-state index is 12.3. The van der Waals surface area contributed by atoms with Gasteiger partial charge < -0.3 is 15.1 Å². The van der Waals surface area contributed by atoms with Crippen LogP contribution in [0.15, 0.2) is 24.3 Å². The standard InChI is InChI=1S/C17H26N2O3/c1-3-18-10-4-5-15(18)12-19(17(22)13(2)20)11-14-6-8-16(21)9-7-14/h6-9,13,15,20-21H,3-5,10-12H2,1-2H3. The number of phenolic OH excluding ortho intramolecular Hbond substituents is 1. The zero-order chi connectivity index (χ0) is 16.1. The third-order valence-corrected chi connectivity index (χ3v) is 4.32. The van der Waals surface area contributed by atoms with E-state index in [2.05, 4.69) is 11.8 Å². The van der Waals surface area contributed by atoms with E-state index in [0.29, 0.717) is 19.1 Å². The maximum Gasteiger partial charge on any atom is 0.251 e. The van der Waals surface area contributed by atoms with Crippen LogP contribution in [0.1, 0.15) is 32.3 Å². The molecule has 0 bridgehead atoms. The van der Waals surface area contributed by atoms with E-state index in [1.165, 1.54) is 6.92 Å². The summed E-state index contributed by atoms with van der Waals surface area (Å²) in [5.74, 6) is -0.0267. The molecule has 1 aliphatic rings. The Balaban J connectivity index is 2.08. The summed E-state index contributed by atoms with van der Waals surface area (Å²) in [5, 5.41) is 19.0. The number of carbonyl (C=O) groups excluding carboxylic acids is 1. The number of phenols is 1. The Labute approximate surface area is 132 Å². The van der Waals surface area contributed by atoms with E-state index in [-0.39, 0.29) is 11.7 Å². The average Bonchev–Trinajstić information content (AvgIpc) is 2.95. The Morgan fingerprint density at radius 2 is 2.09 bits per heavy atom. The molecule has 1 aromatic carbocycles. The van der Waals surface area contributed by atoms with Crippen molar-refractivity contribution in [2.45, 2.75) is 45.4 Å². The molecule has 0 aliphatic carbocycles. The van der Waals surface area contributed by atoms with Crippen molar-refractivity contribution in [3.05, 3.63) is 29.8 Å². The second kappa shape index (κ2) is 7.61. The van der Waals surface area contributed by atoms with Gasteiger partial charge in [-0.25, -0.2) is 0 Å². The molecule has 122 valence electrons. The monoisotopic (exact) mass is 306 g/mol. The van der Waals surface area contributed by atoms with Crippen LogP contribution in [0, 0.1) is 0 Å². The predicted octanol–water partition coefficient (Wildman–Crippen LogP) is 1.59. The number of amides is 1. The van der Waals surface area contributed by atoms with Gasteiger partial charge in [0, 0.05) is 19.1 Å². The summed E-state index contributed by atoms with van der Waals surface area (Å²) < 4.78 is 0. The molecular weight excluding hydrogens is 280 g/mol. The Morgan fingerprint density at radius 3 is 2.68 bits per heavy atom. The molecular formula is C17H26N2O3. The molecule has 0 aromatic heterocycles. The molecule has 2 rings (SSSR count). The van der Waals surface area contributed by atoms with Crippen molar-refractivity contribution >= 4 is 5.91 Å². The smallest absolute Gasteiger partial charge is 0.251 e. The first-order valence-corrected chi connectivity index (χ1v) is 8.00. The van der Waals surface area contributed by atoms with Crippen LogP contribution in [0.3, 0.4) is 0 Å². The molecule has 1 saturated heterocycles. The first-order valence-electron chi connectivity index (χ1n) is 8.00. The Kier molecular flexibility index (Phi) is 5.80. The molecule has 1 aromatic rings. The van der Waals surface area contributed by atoms with Crippen molar-refractivity contribution in [2.24, 2.45) is 0 Å². The SMILES string of the molecule is CCN1CCCC1CN(Cc1ccc(O)cc1)C(=O)C(C)O. The van der Waals surface area contributed by atoms with E-state index >= 15 is 0 Å². The summed E-state index contributed by atoms with van der Waals surface area (Å²) in [6.07, 6.45) is 1.26. The number of carbonyl (C=O) groups is 1. The fourth-order valence-electron chi connectivity index (χ4n) is 3.09. The van der Waals surface area contributed by atoms with Gasteiger partial charge in [0.1, 0.15) is 11.9 Å². The van der Waals surface area contributed by atoms with E-state index in [9.17, 15) is 15.0 Å². The lowest BCUT2D eigenvalue weighted by Gasteiger charge is -2.31. The van der Waals surface area contributed by atoms with Crippen molar-refractivity contribution in [2.75, 3.05) is 19.6 Å². The highest BCUT2D eigenvalue weighted by Gasteiger charge is 2.28. The molecule has 2 N–H and O–H groups in total. The van der Waals surface area contributed by atoms with E-state index in [4.69, 9.17) is 0 Å². The molecule has 5 nitrogen and oxygen atoms in total. The highest BCUT2D eigenvalue weighted by molar-refractivity contribution is 5.80. The van der Waals surface area contributed by atoms with Gasteiger partial charge in [0.15, 0.2) is 0 Å². The number of aromatic hydroxyl groups is 1. The van der Waals surface area contributed by atoms with Gasteiger partial charge in [0.05, 0.1) is 0 Å². The van der Waals surface area contributed by atoms with Gasteiger partial charge in [-0.15, -0.1) is 0 Å². The molecule has 1 amide bonds. The lowest BCUT2D eigenvalue weighted by molar-refractivity contribution is -0.140. The largest absolute Gasteiger partial charge is 0.508 e. The molecule has 1 aliphatic heterocycles. The summed E-state index contributed by atoms with van der Waals surface area (Å²) in [4.78, 5) is 16.4. The number of likely N-dealkylation sites (N-methyl/N-ethyl adjacent to an activating group) is 1. The zero-order valence-corrected chi connectivity index (χ0v) is 13.4. The van der Waals surface area contributed by atoms with Crippen LogP contribution in [0.4, 0.5) is 0 Å². The number of aliphatic hydroxyl groups is 1. The van der Waals surface area contributed by atoms with Crippen molar-refractivity contribution in [3.8, 4) is 5.75 Å². The Morgan fingerprint density at radius 1 is 1.41 bits per heavy atom. The van der Waals surface area contributed by atoms with Crippen molar-refractivity contribution in [1.82, 2.24) is 9.80 Å². The van der Waals surface area contributed by atoms with Crippen LogP contribution < -0.4 is 0 Å². The number of hydrogen-bond acceptors (Lipinski definition) is 4. The topological polar surface area (TPSA) is 64.0 Å². The highest BCUT2D eigenvalue weighted by Crippen LogP contribution is 2.20. The number of aliphatic hydroxyl groups excluding tert-OH is 1. The number of hydrogen-bond donors (Lipinski definition) is 2. The minimum absolute atomic E-state index is 0.213. The van der Waals surface area contributed by atoms with Gasteiger partial charge in [0.2, 0.25) is 0 Å². The minimum Gasteiger partial charge on any atom is -0.508 e. The van der Waals surface area contributed by atoms with Gasteiger partial charge in [-0.2, -0.15) is 0 Å². The van der Waals surface area contributed by atoms with Crippen LogP contribution in [-0.4, -0.2) is 57.7 Å². The fraction of sp³-hybridized carbons (Fsp3) is 0.588. The normalized spacial score (nSPS) is 20.0. The number of rotatable bonds is 6. The highest BCUT2D eigenvalue weighted by atomic mass is 16.3. The van der Waals surface area contributed by atoms with E-state index in [1.807, 2.05) is 12.1 Å². The first kappa shape index (κ1) is 16.8. The summed E-state index contributed by atoms with van der Waals surface area (Å²) in [5.41, 5.74) is 0.952.